The maximum atomic E-state index is 13.0. The van der Waals surface area contributed by atoms with Crippen LogP contribution in [0.2, 0.25) is 5.02 Å². The van der Waals surface area contributed by atoms with Crippen LogP contribution in [0, 0.1) is 0 Å². The summed E-state index contributed by atoms with van der Waals surface area (Å²) in [6, 6.07) is 11.3. The largest absolute Gasteiger partial charge is 0.493 e. The molecule has 0 fully saturated rings. The summed E-state index contributed by atoms with van der Waals surface area (Å²) >= 11 is 6.50. The molecule has 0 saturated carbocycles. The number of carbonyl (C=O) groups excluding carboxylic acids is 1. The standard InChI is InChI=1S/C21H25ClN2O3/c1-5-10-24-20(23-17-9-7-6-8-15(17)21(24)25)14-11-16(22)19(27-13(2)3)18(12-14)26-4/h6-9,11-13,20,23H,5,10H2,1-4H3/t20-/m1/s1. The number of nitrogens with zero attached hydrogens (tertiary/aromatic N) is 1. The number of methoxy groups -OCH3 is 1. The van der Waals surface area contributed by atoms with E-state index in [1.54, 1.807) is 7.11 Å². The molecule has 0 spiro atoms. The van der Waals surface area contributed by atoms with Gasteiger partial charge in [-0.25, -0.2) is 0 Å². The van der Waals surface area contributed by atoms with Crippen LogP contribution < -0.4 is 14.8 Å². The predicted molar refractivity (Wildman–Crippen MR) is 108 cm³/mol. The number of fused-ring (bicyclic) bond motifs is 1. The highest BCUT2D eigenvalue weighted by atomic mass is 35.5. The Bertz CT molecular complexity index is 838. The third-order valence-corrected chi connectivity index (χ3v) is 4.69. The second-order valence-electron chi connectivity index (χ2n) is 6.79. The maximum absolute atomic E-state index is 13.0. The van der Waals surface area contributed by atoms with Crippen molar-refractivity contribution in [3.8, 4) is 11.5 Å². The van der Waals surface area contributed by atoms with Gasteiger partial charge >= 0.3 is 0 Å². The van der Waals surface area contributed by atoms with Gasteiger partial charge < -0.3 is 19.7 Å². The van der Waals surface area contributed by atoms with Crippen LogP contribution in [0.15, 0.2) is 36.4 Å². The summed E-state index contributed by atoms with van der Waals surface area (Å²) in [6.07, 6.45) is 0.498. The molecule has 0 bridgehead atoms. The van der Waals surface area contributed by atoms with Crippen molar-refractivity contribution in [1.29, 1.82) is 0 Å². The number of ether oxygens (including phenoxy) is 2. The highest BCUT2D eigenvalue weighted by Crippen LogP contribution is 2.41. The lowest BCUT2D eigenvalue weighted by molar-refractivity contribution is 0.0683. The number of anilines is 1. The average Bonchev–Trinajstić information content (AvgIpc) is 2.65. The summed E-state index contributed by atoms with van der Waals surface area (Å²) in [6.45, 7) is 6.56. The van der Waals surface area contributed by atoms with Crippen LogP contribution in [0.25, 0.3) is 0 Å². The number of benzene rings is 2. The monoisotopic (exact) mass is 388 g/mol. The Morgan fingerprint density at radius 2 is 2.00 bits per heavy atom. The Balaban J connectivity index is 2.05. The maximum Gasteiger partial charge on any atom is 0.257 e. The second-order valence-corrected chi connectivity index (χ2v) is 7.20. The number of rotatable bonds is 6. The highest BCUT2D eigenvalue weighted by Gasteiger charge is 2.33. The fourth-order valence-electron chi connectivity index (χ4n) is 3.28. The number of nitrogens with one attached hydrogen (secondary N) is 1. The van der Waals surface area contributed by atoms with Crippen LogP contribution in [0.4, 0.5) is 5.69 Å². The van der Waals surface area contributed by atoms with Gasteiger partial charge in [0.05, 0.1) is 23.8 Å². The van der Waals surface area contributed by atoms with Crippen molar-refractivity contribution < 1.29 is 14.3 Å². The number of para-hydroxylation sites is 1. The molecule has 1 aliphatic rings. The molecule has 1 aliphatic heterocycles. The molecule has 0 saturated heterocycles. The molecule has 0 aromatic heterocycles. The van der Waals surface area contributed by atoms with Crippen molar-refractivity contribution in [1.82, 2.24) is 4.90 Å². The average molecular weight is 389 g/mol. The smallest absolute Gasteiger partial charge is 0.257 e. The lowest BCUT2D eigenvalue weighted by atomic mass is 10.0. The molecule has 5 nitrogen and oxygen atoms in total. The first-order valence-electron chi connectivity index (χ1n) is 9.16. The van der Waals surface area contributed by atoms with E-state index in [0.717, 1.165) is 17.7 Å². The molecule has 2 aromatic rings. The SMILES string of the molecule is CCCN1C(=O)c2ccccc2N[C@H]1c1cc(Cl)c(OC(C)C)c(OC)c1. The molecule has 144 valence electrons. The van der Waals surface area contributed by atoms with E-state index < -0.39 is 0 Å². The number of hydrogen-bond donors (Lipinski definition) is 1. The van der Waals surface area contributed by atoms with Gasteiger partial charge in [-0.1, -0.05) is 30.7 Å². The quantitative estimate of drug-likeness (QED) is 0.746. The summed E-state index contributed by atoms with van der Waals surface area (Å²) in [4.78, 5) is 14.9. The van der Waals surface area contributed by atoms with Gasteiger partial charge in [-0.3, -0.25) is 4.79 Å². The molecular formula is C21H25ClN2O3. The topological polar surface area (TPSA) is 50.8 Å². The van der Waals surface area contributed by atoms with E-state index in [9.17, 15) is 4.79 Å². The van der Waals surface area contributed by atoms with Crippen molar-refractivity contribution in [2.45, 2.75) is 39.5 Å². The molecular weight excluding hydrogens is 364 g/mol. The van der Waals surface area contributed by atoms with Gasteiger partial charge in [-0.05, 0) is 44.5 Å². The van der Waals surface area contributed by atoms with Crippen LogP contribution in [0.5, 0.6) is 11.5 Å². The van der Waals surface area contributed by atoms with Crippen molar-refractivity contribution in [3.05, 3.63) is 52.5 Å². The predicted octanol–water partition coefficient (Wildman–Crippen LogP) is 5.11. The molecule has 1 amide bonds. The van der Waals surface area contributed by atoms with Gasteiger partial charge in [0.25, 0.3) is 5.91 Å². The summed E-state index contributed by atoms with van der Waals surface area (Å²) in [5.41, 5.74) is 2.35. The molecule has 27 heavy (non-hydrogen) atoms. The van der Waals surface area contributed by atoms with Crippen LogP contribution in [0.3, 0.4) is 0 Å². The third-order valence-electron chi connectivity index (χ3n) is 4.41. The zero-order valence-electron chi connectivity index (χ0n) is 16.1. The van der Waals surface area contributed by atoms with Gasteiger partial charge in [0.1, 0.15) is 6.17 Å². The summed E-state index contributed by atoms with van der Waals surface area (Å²) in [5, 5.41) is 3.93. The second kappa shape index (κ2) is 8.09. The summed E-state index contributed by atoms with van der Waals surface area (Å²) in [5.74, 6) is 1.08. The zero-order valence-corrected chi connectivity index (χ0v) is 16.8. The highest BCUT2D eigenvalue weighted by molar-refractivity contribution is 6.32. The van der Waals surface area contributed by atoms with Crippen molar-refractivity contribution >= 4 is 23.2 Å². The molecule has 3 rings (SSSR count). The van der Waals surface area contributed by atoms with E-state index in [0.29, 0.717) is 28.6 Å². The molecule has 0 unspecified atom stereocenters. The Morgan fingerprint density at radius 1 is 1.26 bits per heavy atom. The molecule has 2 aromatic carbocycles. The van der Waals surface area contributed by atoms with Crippen LogP contribution in [-0.2, 0) is 0 Å². The molecule has 1 N–H and O–H groups in total. The van der Waals surface area contributed by atoms with E-state index in [-0.39, 0.29) is 18.2 Å². The Morgan fingerprint density at radius 3 is 2.67 bits per heavy atom. The lowest BCUT2D eigenvalue weighted by Gasteiger charge is -2.38. The Kier molecular flexibility index (Phi) is 5.80. The van der Waals surface area contributed by atoms with Crippen molar-refractivity contribution in [2.24, 2.45) is 0 Å². The van der Waals surface area contributed by atoms with Gasteiger partial charge in [-0.2, -0.15) is 0 Å². The molecule has 6 heteroatoms. The number of hydrogen-bond acceptors (Lipinski definition) is 4. The van der Waals surface area contributed by atoms with E-state index in [2.05, 4.69) is 12.2 Å². The first-order valence-corrected chi connectivity index (χ1v) is 9.54. The van der Waals surface area contributed by atoms with Crippen molar-refractivity contribution in [3.63, 3.8) is 0 Å². The molecule has 1 atom stereocenters. The van der Waals surface area contributed by atoms with Gasteiger partial charge in [0.2, 0.25) is 0 Å². The number of amides is 1. The number of halogens is 1. The molecule has 0 radical (unpaired) electrons. The summed E-state index contributed by atoms with van der Waals surface area (Å²) in [7, 11) is 1.58. The first-order chi connectivity index (χ1) is 13.0. The minimum atomic E-state index is -0.327. The fourth-order valence-corrected chi connectivity index (χ4v) is 3.54. The van der Waals surface area contributed by atoms with Gasteiger partial charge in [0, 0.05) is 17.8 Å². The normalized spacial score (nSPS) is 16.1. The van der Waals surface area contributed by atoms with Gasteiger partial charge in [-0.15, -0.1) is 0 Å². The van der Waals surface area contributed by atoms with E-state index >= 15 is 0 Å². The number of carbonyl (C=O) groups is 1. The molecule has 0 aliphatic carbocycles. The van der Waals surface area contributed by atoms with Crippen LogP contribution in [0.1, 0.15) is 49.3 Å². The van der Waals surface area contributed by atoms with Crippen LogP contribution in [-0.4, -0.2) is 30.6 Å². The van der Waals surface area contributed by atoms with E-state index in [4.69, 9.17) is 21.1 Å². The fraction of sp³-hybridized carbons (Fsp3) is 0.381. The van der Waals surface area contributed by atoms with Crippen LogP contribution >= 0.6 is 11.6 Å². The summed E-state index contributed by atoms with van der Waals surface area (Å²) < 4.78 is 11.3. The third kappa shape index (κ3) is 3.83. The van der Waals surface area contributed by atoms with E-state index in [1.807, 2.05) is 55.1 Å². The zero-order chi connectivity index (χ0) is 19.6. The van der Waals surface area contributed by atoms with Gasteiger partial charge in [0.15, 0.2) is 11.5 Å². The first kappa shape index (κ1) is 19.4. The molecule has 1 heterocycles. The Hall–Kier alpha value is -2.40. The van der Waals surface area contributed by atoms with Crippen molar-refractivity contribution in [2.75, 3.05) is 19.0 Å². The Labute approximate surface area is 165 Å². The minimum absolute atomic E-state index is 0.00814. The lowest BCUT2D eigenvalue weighted by Crippen LogP contribution is -2.43. The minimum Gasteiger partial charge on any atom is -0.493 e. The van der Waals surface area contributed by atoms with E-state index in [1.165, 1.54) is 0 Å².